The molecular formula is C21H22ClN3O4S2. The highest BCUT2D eigenvalue weighted by Gasteiger charge is 2.29. The minimum Gasteiger partial charge on any atom is -0.459 e. The minimum absolute atomic E-state index is 0.126. The van der Waals surface area contributed by atoms with E-state index in [-0.39, 0.29) is 12.5 Å². The summed E-state index contributed by atoms with van der Waals surface area (Å²) in [5, 5.41) is 5.27. The average molecular weight is 480 g/mol. The molecule has 1 aromatic carbocycles. The van der Waals surface area contributed by atoms with E-state index < -0.39 is 10.0 Å². The van der Waals surface area contributed by atoms with Crippen LogP contribution < -0.4 is 5.32 Å². The second-order valence-corrected chi connectivity index (χ2v) is 10.7. The number of hydrogen-bond acceptors (Lipinski definition) is 6. The van der Waals surface area contributed by atoms with Crippen molar-refractivity contribution in [2.75, 3.05) is 32.7 Å². The zero-order chi connectivity index (χ0) is 21.8. The van der Waals surface area contributed by atoms with Crippen LogP contribution in [0.4, 0.5) is 0 Å². The van der Waals surface area contributed by atoms with E-state index in [4.69, 9.17) is 16.0 Å². The molecule has 0 bridgehead atoms. The van der Waals surface area contributed by atoms with Gasteiger partial charge in [0.25, 0.3) is 10.0 Å². The van der Waals surface area contributed by atoms with E-state index in [1.165, 1.54) is 15.6 Å². The largest absolute Gasteiger partial charge is 0.459 e. The predicted octanol–water partition coefficient (Wildman–Crippen LogP) is 3.28. The van der Waals surface area contributed by atoms with Crippen LogP contribution in [0.5, 0.6) is 0 Å². The lowest BCUT2D eigenvalue weighted by Gasteiger charge is -2.33. The molecule has 31 heavy (non-hydrogen) atoms. The van der Waals surface area contributed by atoms with Crippen molar-refractivity contribution in [3.05, 3.63) is 64.7 Å². The fourth-order valence-electron chi connectivity index (χ4n) is 3.35. The van der Waals surface area contributed by atoms with Gasteiger partial charge >= 0.3 is 0 Å². The van der Waals surface area contributed by atoms with Crippen molar-refractivity contribution in [3.63, 3.8) is 0 Å². The summed E-state index contributed by atoms with van der Waals surface area (Å²) in [6, 6.07) is 14.4. The van der Waals surface area contributed by atoms with Gasteiger partial charge in [-0.15, -0.1) is 11.3 Å². The summed E-state index contributed by atoms with van der Waals surface area (Å²) in [5.74, 6) is 1.24. The Morgan fingerprint density at radius 3 is 2.48 bits per heavy atom. The van der Waals surface area contributed by atoms with E-state index in [2.05, 4.69) is 5.32 Å². The van der Waals surface area contributed by atoms with Crippen molar-refractivity contribution in [1.82, 2.24) is 14.5 Å². The van der Waals surface area contributed by atoms with Gasteiger partial charge in [0.2, 0.25) is 5.91 Å². The summed E-state index contributed by atoms with van der Waals surface area (Å²) >= 11 is 7.13. The summed E-state index contributed by atoms with van der Waals surface area (Å²) < 4.78 is 32.8. The fraction of sp³-hybridized carbons (Fsp3) is 0.286. The molecular weight excluding hydrogens is 458 g/mol. The number of furan rings is 1. The number of piperazine rings is 1. The molecule has 4 rings (SSSR count). The first-order valence-electron chi connectivity index (χ1n) is 9.79. The summed E-state index contributed by atoms with van der Waals surface area (Å²) in [5.41, 5.74) is 0.914. The molecule has 3 aromatic rings. The first-order chi connectivity index (χ1) is 14.9. The molecule has 2 aromatic heterocycles. The molecule has 3 heterocycles. The predicted molar refractivity (Wildman–Crippen MR) is 121 cm³/mol. The molecule has 0 unspecified atom stereocenters. The zero-order valence-corrected chi connectivity index (χ0v) is 19.0. The van der Waals surface area contributed by atoms with Gasteiger partial charge in [0.05, 0.1) is 13.1 Å². The van der Waals surface area contributed by atoms with Crippen LogP contribution >= 0.6 is 22.9 Å². The second kappa shape index (κ2) is 9.54. The lowest BCUT2D eigenvalue weighted by atomic mass is 10.2. The number of hydrogen-bond donors (Lipinski definition) is 1. The van der Waals surface area contributed by atoms with Crippen molar-refractivity contribution in [2.24, 2.45) is 0 Å². The third-order valence-corrected chi connectivity index (χ3v) is 8.56. The number of benzene rings is 1. The maximum Gasteiger partial charge on any atom is 0.252 e. The highest BCUT2D eigenvalue weighted by molar-refractivity contribution is 7.91. The first kappa shape index (κ1) is 22.0. The van der Waals surface area contributed by atoms with Crippen LogP contribution in [0.2, 0.25) is 5.02 Å². The van der Waals surface area contributed by atoms with Gasteiger partial charge in [-0.2, -0.15) is 4.31 Å². The van der Waals surface area contributed by atoms with Gasteiger partial charge < -0.3 is 9.73 Å². The van der Waals surface area contributed by atoms with E-state index >= 15 is 0 Å². The van der Waals surface area contributed by atoms with Gasteiger partial charge in [0.15, 0.2) is 0 Å². The van der Waals surface area contributed by atoms with E-state index in [9.17, 15) is 13.2 Å². The molecule has 1 N–H and O–H groups in total. The normalized spacial score (nSPS) is 15.8. The number of sulfonamides is 1. The molecule has 1 aliphatic rings. The fourth-order valence-corrected chi connectivity index (χ4v) is 6.05. The highest BCUT2D eigenvalue weighted by Crippen LogP contribution is 2.24. The Hall–Kier alpha value is -2.17. The van der Waals surface area contributed by atoms with Gasteiger partial charge in [-0.25, -0.2) is 8.42 Å². The Kier molecular flexibility index (Phi) is 6.78. The second-order valence-electron chi connectivity index (χ2n) is 7.16. The molecule has 0 spiro atoms. The molecule has 1 aliphatic heterocycles. The number of thiophene rings is 1. The van der Waals surface area contributed by atoms with Crippen LogP contribution in [0, 0.1) is 0 Å². The van der Waals surface area contributed by atoms with E-state index in [0.29, 0.717) is 53.5 Å². The van der Waals surface area contributed by atoms with E-state index in [0.717, 1.165) is 5.56 Å². The standard InChI is InChI=1S/C21H22ClN3O4S2/c22-17-5-3-16(4-6-17)19-8-7-18(29-19)14-23-20(26)15-24-9-11-25(12-10-24)31(27,28)21-2-1-13-30-21/h1-8,13H,9-12,14-15H2,(H,23,26). The number of halogens is 1. The van der Waals surface area contributed by atoms with Gasteiger partial charge in [-0.1, -0.05) is 17.7 Å². The third-order valence-electron chi connectivity index (χ3n) is 5.04. The van der Waals surface area contributed by atoms with Gasteiger partial charge in [0.1, 0.15) is 15.7 Å². The van der Waals surface area contributed by atoms with Gasteiger partial charge in [-0.3, -0.25) is 9.69 Å². The maximum absolute atomic E-state index is 12.6. The van der Waals surface area contributed by atoms with Crippen LogP contribution in [0.25, 0.3) is 11.3 Å². The van der Waals surface area contributed by atoms with E-state index in [1.807, 2.05) is 29.2 Å². The summed E-state index contributed by atoms with van der Waals surface area (Å²) in [6.07, 6.45) is 0. The molecule has 164 valence electrons. The number of carbonyl (C=O) groups excluding carboxylic acids is 1. The van der Waals surface area contributed by atoms with E-state index in [1.54, 1.807) is 29.6 Å². The maximum atomic E-state index is 12.6. The topological polar surface area (TPSA) is 82.9 Å². The lowest BCUT2D eigenvalue weighted by molar-refractivity contribution is -0.122. The van der Waals surface area contributed by atoms with Crippen molar-refractivity contribution in [2.45, 2.75) is 10.8 Å². The molecule has 10 heteroatoms. The van der Waals surface area contributed by atoms with Crippen molar-refractivity contribution in [3.8, 4) is 11.3 Å². The summed E-state index contributed by atoms with van der Waals surface area (Å²) in [6.45, 7) is 2.28. The van der Waals surface area contributed by atoms with Crippen molar-refractivity contribution < 1.29 is 17.6 Å². The number of nitrogens with zero attached hydrogens (tertiary/aromatic N) is 2. The molecule has 1 fully saturated rings. The highest BCUT2D eigenvalue weighted by atomic mass is 35.5. The summed E-state index contributed by atoms with van der Waals surface area (Å²) in [7, 11) is -3.43. The Labute approximate surface area is 190 Å². The van der Waals surface area contributed by atoms with Crippen LogP contribution in [-0.2, 0) is 21.4 Å². The smallest absolute Gasteiger partial charge is 0.252 e. The number of amides is 1. The molecule has 1 amide bonds. The minimum atomic E-state index is -3.43. The van der Waals surface area contributed by atoms with Crippen LogP contribution in [0.1, 0.15) is 5.76 Å². The average Bonchev–Trinajstić information content (AvgIpc) is 3.46. The Morgan fingerprint density at radius 2 is 1.81 bits per heavy atom. The lowest BCUT2D eigenvalue weighted by Crippen LogP contribution is -2.50. The Bertz CT molecular complexity index is 1120. The quantitative estimate of drug-likeness (QED) is 0.562. The zero-order valence-electron chi connectivity index (χ0n) is 16.7. The van der Waals surface area contributed by atoms with Gasteiger partial charge in [0, 0.05) is 36.8 Å². The SMILES string of the molecule is O=C(CN1CCN(S(=O)(=O)c2cccs2)CC1)NCc1ccc(-c2ccc(Cl)cc2)o1. The van der Waals surface area contributed by atoms with Crippen LogP contribution in [-0.4, -0.2) is 56.3 Å². The Balaban J connectivity index is 1.24. The van der Waals surface area contributed by atoms with Crippen molar-refractivity contribution >= 4 is 38.9 Å². The molecule has 7 nitrogen and oxygen atoms in total. The molecule has 0 saturated carbocycles. The molecule has 0 radical (unpaired) electrons. The number of carbonyl (C=O) groups is 1. The number of rotatable bonds is 7. The molecule has 0 atom stereocenters. The Morgan fingerprint density at radius 1 is 1.06 bits per heavy atom. The molecule has 0 aliphatic carbocycles. The third kappa shape index (κ3) is 5.36. The van der Waals surface area contributed by atoms with Crippen LogP contribution in [0.15, 0.2) is 62.5 Å². The van der Waals surface area contributed by atoms with Crippen LogP contribution in [0.3, 0.4) is 0 Å². The van der Waals surface area contributed by atoms with Crippen molar-refractivity contribution in [1.29, 1.82) is 0 Å². The van der Waals surface area contributed by atoms with Gasteiger partial charge in [-0.05, 0) is 47.8 Å². The monoisotopic (exact) mass is 479 g/mol. The number of nitrogens with one attached hydrogen (secondary N) is 1. The molecule has 1 saturated heterocycles. The summed E-state index contributed by atoms with van der Waals surface area (Å²) in [4.78, 5) is 14.3. The first-order valence-corrected chi connectivity index (χ1v) is 12.5.